The molecule has 0 aromatic heterocycles. The molecule has 0 aliphatic heterocycles. The minimum absolute atomic E-state index is 0.191. The molecule has 0 bridgehead atoms. The summed E-state index contributed by atoms with van der Waals surface area (Å²) in [4.78, 5) is 14.4. The summed E-state index contributed by atoms with van der Waals surface area (Å²) >= 11 is 11.7. The second-order valence-corrected chi connectivity index (χ2v) is 3.30. The fourth-order valence-electron chi connectivity index (χ4n) is 1.02. The summed E-state index contributed by atoms with van der Waals surface area (Å²) in [6, 6.07) is 3.10. The van der Waals surface area contributed by atoms with Gasteiger partial charge in [-0.05, 0) is 12.1 Å². The highest BCUT2D eigenvalue weighted by Gasteiger charge is 2.12. The molecule has 1 aromatic rings. The van der Waals surface area contributed by atoms with Crippen molar-refractivity contribution in [2.75, 3.05) is 12.8 Å². The van der Waals surface area contributed by atoms with E-state index in [0.717, 1.165) is 0 Å². The Balaban J connectivity index is 3.47. The third-order valence-corrected chi connectivity index (χ3v) is 2.50. The molecule has 0 aliphatic rings. The van der Waals surface area contributed by atoms with E-state index in [-0.39, 0.29) is 10.2 Å². The fourth-order valence-corrected chi connectivity index (χ4v) is 1.58. The van der Waals surface area contributed by atoms with Crippen LogP contribution in [-0.4, -0.2) is 18.5 Å². The van der Waals surface area contributed by atoms with Crippen LogP contribution in [0.2, 0.25) is 5.02 Å². The highest BCUT2D eigenvalue weighted by molar-refractivity contribution is 6.71. The van der Waals surface area contributed by atoms with Gasteiger partial charge in [-0.2, -0.15) is 0 Å². The predicted molar refractivity (Wildman–Crippen MR) is 59.6 cm³/mol. The molecule has 0 fully saturated rings. The number of benzene rings is 1. The van der Waals surface area contributed by atoms with E-state index < -0.39 is 0 Å². The maximum absolute atomic E-state index is 10.6. The van der Waals surface area contributed by atoms with Gasteiger partial charge < -0.3 is 5.73 Å². The first-order chi connectivity index (χ1) is 6.61. The minimum atomic E-state index is 0.191. The summed E-state index contributed by atoms with van der Waals surface area (Å²) in [6.45, 7) is 0. The van der Waals surface area contributed by atoms with E-state index in [4.69, 9.17) is 28.9 Å². The number of nitrogen functional groups attached to an aromatic ring is 1. The van der Waals surface area contributed by atoms with Crippen LogP contribution < -0.4 is 5.73 Å². The van der Waals surface area contributed by atoms with Crippen LogP contribution in [0, 0.1) is 0 Å². The van der Waals surface area contributed by atoms with Gasteiger partial charge in [0.05, 0.1) is 10.6 Å². The topological polar surface area (TPSA) is 55.4 Å². The Labute approximate surface area is 91.5 Å². The van der Waals surface area contributed by atoms with E-state index in [0.29, 0.717) is 23.1 Å². The van der Waals surface area contributed by atoms with Crippen LogP contribution in [0.25, 0.3) is 0 Å². The zero-order chi connectivity index (χ0) is 10.7. The monoisotopic (exact) mass is 230 g/mol. The quantitative estimate of drug-likeness (QED) is 0.482. The number of aldehydes is 1. The lowest BCUT2D eigenvalue weighted by Crippen LogP contribution is -2.02. The number of nitrogens with two attached hydrogens (primary N) is 1. The molecule has 1 aromatic carbocycles. The van der Waals surface area contributed by atoms with Crippen LogP contribution in [0.15, 0.2) is 17.1 Å². The lowest BCUT2D eigenvalue weighted by Gasteiger charge is -2.07. The van der Waals surface area contributed by atoms with Gasteiger partial charge in [0.1, 0.15) is 5.17 Å². The van der Waals surface area contributed by atoms with Gasteiger partial charge >= 0.3 is 0 Å². The van der Waals surface area contributed by atoms with Gasteiger partial charge in [0, 0.05) is 18.3 Å². The molecule has 0 heterocycles. The van der Waals surface area contributed by atoms with Crippen LogP contribution in [-0.2, 0) is 0 Å². The van der Waals surface area contributed by atoms with Crippen LogP contribution in [0.5, 0.6) is 0 Å². The Morgan fingerprint density at radius 3 is 2.71 bits per heavy atom. The highest BCUT2D eigenvalue weighted by Crippen LogP contribution is 2.27. The molecule has 5 heteroatoms. The van der Waals surface area contributed by atoms with Crippen molar-refractivity contribution < 1.29 is 4.79 Å². The Kier molecular flexibility index (Phi) is 3.49. The molecule has 1 rings (SSSR count). The first kappa shape index (κ1) is 11.0. The van der Waals surface area contributed by atoms with Crippen LogP contribution in [0.4, 0.5) is 5.69 Å². The van der Waals surface area contributed by atoms with Gasteiger partial charge in [0.2, 0.25) is 0 Å². The molecule has 74 valence electrons. The normalized spacial score (nSPS) is 11.5. The number of rotatable bonds is 2. The molecule has 0 saturated carbocycles. The molecule has 0 aliphatic carbocycles. The highest BCUT2D eigenvalue weighted by atomic mass is 35.5. The van der Waals surface area contributed by atoms with Crippen LogP contribution in [0.3, 0.4) is 0 Å². The third kappa shape index (κ3) is 1.89. The standard InChI is InChI=1S/C9H8Cl2N2O/c1-13-9(11)7-6(12)3-2-5(4-14)8(7)10/h2-4H,12H2,1H3. The lowest BCUT2D eigenvalue weighted by atomic mass is 10.1. The lowest BCUT2D eigenvalue weighted by molar-refractivity contribution is 0.112. The molecule has 3 nitrogen and oxygen atoms in total. The maximum atomic E-state index is 10.6. The molecule has 0 atom stereocenters. The van der Waals surface area contributed by atoms with Crippen molar-refractivity contribution in [2.24, 2.45) is 4.99 Å². The summed E-state index contributed by atoms with van der Waals surface area (Å²) in [5, 5.41) is 0.423. The molecule has 0 radical (unpaired) electrons. The largest absolute Gasteiger partial charge is 0.398 e. The van der Waals surface area contributed by atoms with Crippen molar-refractivity contribution in [2.45, 2.75) is 0 Å². The van der Waals surface area contributed by atoms with Crippen molar-refractivity contribution in [3.05, 3.63) is 28.3 Å². The number of nitrogens with zero attached hydrogens (tertiary/aromatic N) is 1. The maximum Gasteiger partial charge on any atom is 0.151 e. The number of aliphatic imine (C=N–C) groups is 1. The number of carbonyl (C=O) groups is 1. The zero-order valence-electron chi connectivity index (χ0n) is 7.42. The molecule has 14 heavy (non-hydrogen) atoms. The van der Waals surface area contributed by atoms with Crippen molar-refractivity contribution in [3.63, 3.8) is 0 Å². The first-order valence-electron chi connectivity index (χ1n) is 3.77. The van der Waals surface area contributed by atoms with E-state index >= 15 is 0 Å². The number of carbonyl (C=O) groups excluding carboxylic acids is 1. The Morgan fingerprint density at radius 1 is 1.57 bits per heavy atom. The molecule has 2 N–H and O–H groups in total. The van der Waals surface area contributed by atoms with E-state index in [9.17, 15) is 4.79 Å². The molecule has 0 spiro atoms. The Morgan fingerprint density at radius 2 is 2.21 bits per heavy atom. The van der Waals surface area contributed by atoms with Crippen molar-refractivity contribution in [3.8, 4) is 0 Å². The van der Waals surface area contributed by atoms with E-state index in [1.807, 2.05) is 0 Å². The molecule has 0 amide bonds. The van der Waals surface area contributed by atoms with E-state index in [1.54, 1.807) is 6.07 Å². The Bertz CT molecular complexity index is 402. The number of anilines is 1. The first-order valence-corrected chi connectivity index (χ1v) is 4.53. The average Bonchev–Trinajstić information content (AvgIpc) is 2.18. The number of hydrogen-bond donors (Lipinski definition) is 1. The van der Waals surface area contributed by atoms with Crippen molar-refractivity contribution >= 4 is 40.3 Å². The van der Waals surface area contributed by atoms with Gasteiger partial charge in [0.15, 0.2) is 6.29 Å². The SMILES string of the molecule is CN=C(Cl)c1c(N)ccc(C=O)c1Cl. The molecule has 0 saturated heterocycles. The number of halogens is 2. The molecular formula is C9H8Cl2N2O. The summed E-state index contributed by atoms with van der Waals surface area (Å²) in [6.07, 6.45) is 0.644. The fraction of sp³-hybridized carbons (Fsp3) is 0.111. The summed E-state index contributed by atoms with van der Waals surface area (Å²) < 4.78 is 0. The smallest absolute Gasteiger partial charge is 0.151 e. The van der Waals surface area contributed by atoms with Gasteiger partial charge in [-0.1, -0.05) is 23.2 Å². The van der Waals surface area contributed by atoms with Gasteiger partial charge in [-0.3, -0.25) is 9.79 Å². The second-order valence-electron chi connectivity index (χ2n) is 2.57. The van der Waals surface area contributed by atoms with E-state index in [2.05, 4.69) is 4.99 Å². The Hall–Kier alpha value is -1.06. The van der Waals surface area contributed by atoms with Gasteiger partial charge in [-0.15, -0.1) is 0 Å². The van der Waals surface area contributed by atoms with Crippen molar-refractivity contribution in [1.82, 2.24) is 0 Å². The van der Waals surface area contributed by atoms with E-state index in [1.165, 1.54) is 13.1 Å². The molecular weight excluding hydrogens is 223 g/mol. The zero-order valence-corrected chi connectivity index (χ0v) is 8.93. The van der Waals surface area contributed by atoms with Crippen LogP contribution in [0.1, 0.15) is 15.9 Å². The van der Waals surface area contributed by atoms with Crippen LogP contribution >= 0.6 is 23.2 Å². The number of hydrogen-bond acceptors (Lipinski definition) is 3. The van der Waals surface area contributed by atoms with Gasteiger partial charge in [-0.25, -0.2) is 0 Å². The summed E-state index contributed by atoms with van der Waals surface area (Å²) in [5.41, 5.74) is 6.80. The van der Waals surface area contributed by atoms with Gasteiger partial charge in [0.25, 0.3) is 0 Å². The molecule has 0 unspecified atom stereocenters. The third-order valence-electron chi connectivity index (χ3n) is 1.73. The predicted octanol–water partition coefficient (Wildman–Crippen LogP) is 2.35. The minimum Gasteiger partial charge on any atom is -0.398 e. The summed E-state index contributed by atoms with van der Waals surface area (Å²) in [7, 11) is 1.52. The van der Waals surface area contributed by atoms with Crippen molar-refractivity contribution in [1.29, 1.82) is 0 Å². The average molecular weight is 231 g/mol. The summed E-state index contributed by atoms with van der Waals surface area (Å²) in [5.74, 6) is 0. The second kappa shape index (κ2) is 4.44.